The summed E-state index contributed by atoms with van der Waals surface area (Å²) < 4.78 is 33.9. The molecule has 3 fully saturated rings. The SMILES string of the molecule is CC(=O)N[C@H]1[C@@H](O[C@H](C)[C@H](NC(=O)[C@@H]2CCCN2C(=O)OCc2ccccc2)C(=O)N2CCC[C@H]2C(=O)O)O[C@H](COC(C)=O)[C@H](OC(C)=O)[C@@H]1OC(C)=O. The monoisotopic (exact) mass is 776 g/mol. The van der Waals surface area contributed by atoms with Gasteiger partial charge in [-0.2, -0.15) is 0 Å². The van der Waals surface area contributed by atoms with Gasteiger partial charge in [0.1, 0.15) is 43.5 Å². The van der Waals surface area contributed by atoms with E-state index in [0.29, 0.717) is 12.8 Å². The number of hydrogen-bond donors (Lipinski definition) is 3. The van der Waals surface area contributed by atoms with Crippen molar-refractivity contribution in [1.29, 1.82) is 0 Å². The molecule has 3 aliphatic rings. The molecular weight excluding hydrogens is 728 g/mol. The number of esters is 3. The van der Waals surface area contributed by atoms with E-state index in [-0.39, 0.29) is 32.5 Å². The fourth-order valence-corrected chi connectivity index (χ4v) is 6.85. The lowest BCUT2D eigenvalue weighted by molar-refractivity contribution is -0.287. The van der Waals surface area contributed by atoms with E-state index in [2.05, 4.69) is 10.6 Å². The van der Waals surface area contributed by atoms with Crippen molar-refractivity contribution in [2.24, 2.45) is 0 Å². The Morgan fingerprint density at radius 3 is 2.05 bits per heavy atom. The van der Waals surface area contributed by atoms with Gasteiger partial charge in [-0.1, -0.05) is 30.3 Å². The molecule has 1 aromatic rings. The lowest BCUT2D eigenvalue weighted by Gasteiger charge is -2.46. The van der Waals surface area contributed by atoms with Crippen LogP contribution in [-0.2, 0) is 68.6 Å². The minimum atomic E-state index is -1.60. The average Bonchev–Trinajstić information content (AvgIpc) is 3.82. The van der Waals surface area contributed by atoms with Crippen LogP contribution in [0.3, 0.4) is 0 Å². The van der Waals surface area contributed by atoms with Gasteiger partial charge in [0, 0.05) is 40.8 Å². The van der Waals surface area contributed by atoms with E-state index in [1.807, 2.05) is 6.07 Å². The second kappa shape index (κ2) is 19.3. The van der Waals surface area contributed by atoms with Gasteiger partial charge < -0.3 is 49.1 Å². The normalized spacial score (nSPS) is 25.9. The first-order chi connectivity index (χ1) is 26.1. The van der Waals surface area contributed by atoms with Gasteiger partial charge in [-0.15, -0.1) is 0 Å². The Morgan fingerprint density at radius 1 is 0.836 bits per heavy atom. The summed E-state index contributed by atoms with van der Waals surface area (Å²) in [5, 5.41) is 15.1. The predicted molar refractivity (Wildman–Crippen MR) is 185 cm³/mol. The van der Waals surface area contributed by atoms with Gasteiger partial charge in [0.2, 0.25) is 17.7 Å². The first-order valence-electron chi connectivity index (χ1n) is 17.9. The molecule has 0 aliphatic carbocycles. The van der Waals surface area contributed by atoms with Crippen LogP contribution < -0.4 is 10.6 Å². The van der Waals surface area contributed by atoms with E-state index >= 15 is 0 Å². The molecule has 19 nitrogen and oxygen atoms in total. The second-order valence-corrected chi connectivity index (χ2v) is 13.5. The smallest absolute Gasteiger partial charge is 0.410 e. The maximum Gasteiger partial charge on any atom is 0.410 e. The van der Waals surface area contributed by atoms with Gasteiger partial charge in [0.25, 0.3) is 0 Å². The van der Waals surface area contributed by atoms with Crippen molar-refractivity contribution in [3.05, 3.63) is 35.9 Å². The molecule has 0 aromatic heterocycles. The Kier molecular flexibility index (Phi) is 14.9. The van der Waals surface area contributed by atoms with Crippen molar-refractivity contribution in [3.8, 4) is 0 Å². The number of hydrogen-bond acceptors (Lipinski definition) is 14. The van der Waals surface area contributed by atoms with Crippen LogP contribution >= 0.6 is 0 Å². The molecule has 55 heavy (non-hydrogen) atoms. The number of carboxylic acid groups (broad SMARTS) is 1. The van der Waals surface area contributed by atoms with Crippen LogP contribution in [0.4, 0.5) is 4.79 Å². The molecule has 4 amide bonds. The van der Waals surface area contributed by atoms with E-state index in [1.54, 1.807) is 24.3 Å². The molecule has 19 heteroatoms. The molecule has 3 saturated heterocycles. The largest absolute Gasteiger partial charge is 0.480 e. The first kappa shape index (κ1) is 42.4. The third kappa shape index (κ3) is 11.4. The number of nitrogens with one attached hydrogen (secondary N) is 2. The van der Waals surface area contributed by atoms with Gasteiger partial charge in [0.15, 0.2) is 18.5 Å². The Morgan fingerprint density at radius 2 is 1.45 bits per heavy atom. The minimum Gasteiger partial charge on any atom is -0.480 e. The van der Waals surface area contributed by atoms with Crippen molar-refractivity contribution in [2.75, 3.05) is 19.7 Å². The lowest BCUT2D eigenvalue weighted by Crippen LogP contribution is -2.68. The average molecular weight is 777 g/mol. The third-order valence-electron chi connectivity index (χ3n) is 9.27. The highest BCUT2D eigenvalue weighted by molar-refractivity contribution is 5.93. The van der Waals surface area contributed by atoms with Gasteiger partial charge in [0.05, 0.1) is 6.10 Å². The molecule has 0 unspecified atom stereocenters. The van der Waals surface area contributed by atoms with Gasteiger partial charge in [-0.25, -0.2) is 9.59 Å². The molecule has 4 rings (SSSR count). The van der Waals surface area contributed by atoms with Crippen LogP contribution in [0.5, 0.6) is 0 Å². The molecule has 0 saturated carbocycles. The number of carboxylic acids is 1. The summed E-state index contributed by atoms with van der Waals surface area (Å²) >= 11 is 0. The van der Waals surface area contributed by atoms with Crippen molar-refractivity contribution >= 4 is 47.7 Å². The molecule has 9 atom stereocenters. The number of ether oxygens (including phenoxy) is 6. The Balaban J connectivity index is 1.64. The van der Waals surface area contributed by atoms with Crippen molar-refractivity contribution in [2.45, 2.75) is 122 Å². The summed E-state index contributed by atoms with van der Waals surface area (Å²) in [7, 11) is 0. The summed E-state index contributed by atoms with van der Waals surface area (Å²) in [5.41, 5.74) is 0.735. The van der Waals surface area contributed by atoms with E-state index in [9.17, 15) is 43.5 Å². The van der Waals surface area contributed by atoms with Crippen LogP contribution in [0.25, 0.3) is 0 Å². The number of rotatable bonds is 14. The number of nitrogens with zero attached hydrogens (tertiary/aromatic N) is 2. The molecule has 0 bridgehead atoms. The van der Waals surface area contributed by atoms with Crippen molar-refractivity contribution in [1.82, 2.24) is 20.4 Å². The van der Waals surface area contributed by atoms with E-state index in [0.717, 1.165) is 38.2 Å². The third-order valence-corrected chi connectivity index (χ3v) is 9.27. The molecule has 3 N–H and O–H groups in total. The second-order valence-electron chi connectivity index (χ2n) is 13.5. The maximum atomic E-state index is 14.2. The quantitative estimate of drug-likeness (QED) is 0.171. The molecule has 0 radical (unpaired) electrons. The molecule has 3 aliphatic heterocycles. The highest BCUT2D eigenvalue weighted by atomic mass is 16.7. The Labute approximate surface area is 317 Å². The van der Waals surface area contributed by atoms with Crippen LogP contribution in [0.15, 0.2) is 30.3 Å². The minimum absolute atomic E-state index is 0.0377. The number of carbonyl (C=O) groups is 8. The van der Waals surface area contributed by atoms with Gasteiger partial charge in [-0.3, -0.25) is 33.7 Å². The number of amides is 4. The van der Waals surface area contributed by atoms with Crippen molar-refractivity contribution < 1.29 is 71.9 Å². The standard InChI is InChI=1S/C36H48N4O15/c1-19(52-35-29(37-20(2)41)31(54-23(5)44)30(53-22(4)43)27(55-35)18-50-21(3)42)28(33(46)39-15-10-14-26(39)34(47)48)38-32(45)25-13-9-16-40(25)36(49)51-17-24-11-7-6-8-12-24/h6-8,11-12,19,25-31,35H,9-10,13-18H2,1-5H3,(H,37,41)(H,38,45)(H,47,48)/t19-,25+,26+,27-,28+,29-,30+,31-,35+/m1/s1. The maximum absolute atomic E-state index is 14.2. The first-order valence-corrected chi connectivity index (χ1v) is 17.9. The fraction of sp³-hybridized carbons (Fsp3) is 0.611. The van der Waals surface area contributed by atoms with E-state index in [1.165, 1.54) is 11.8 Å². The van der Waals surface area contributed by atoms with Crippen molar-refractivity contribution in [3.63, 3.8) is 0 Å². The number of aliphatic carboxylic acids is 1. The van der Waals surface area contributed by atoms with Crippen LogP contribution in [0, 0.1) is 0 Å². The molecule has 0 spiro atoms. The highest BCUT2D eigenvalue weighted by Gasteiger charge is 2.53. The summed E-state index contributed by atoms with van der Waals surface area (Å²) in [5.74, 6) is -5.81. The molecule has 3 heterocycles. The molecule has 1 aromatic carbocycles. The van der Waals surface area contributed by atoms with E-state index in [4.69, 9.17) is 28.4 Å². The zero-order chi connectivity index (χ0) is 40.4. The number of carbonyl (C=O) groups excluding carboxylic acids is 7. The van der Waals surface area contributed by atoms with Crippen LogP contribution in [0.1, 0.15) is 65.9 Å². The fourth-order valence-electron chi connectivity index (χ4n) is 6.85. The summed E-state index contributed by atoms with van der Waals surface area (Å²) in [6, 6.07) is 3.72. The predicted octanol–water partition coefficient (Wildman–Crippen LogP) is 0.409. The number of benzene rings is 1. The van der Waals surface area contributed by atoms with E-state index < -0.39 is 109 Å². The highest BCUT2D eigenvalue weighted by Crippen LogP contribution is 2.30. The molecule has 302 valence electrons. The molecular formula is C36H48N4O15. The zero-order valence-corrected chi connectivity index (χ0v) is 31.3. The zero-order valence-electron chi connectivity index (χ0n) is 31.3. The Hall–Kier alpha value is -5.30. The number of likely N-dealkylation sites (tertiary alicyclic amines) is 2. The van der Waals surface area contributed by atoms with Gasteiger partial charge >= 0.3 is 30.0 Å². The summed E-state index contributed by atoms with van der Waals surface area (Å²) in [4.78, 5) is 105. The van der Waals surface area contributed by atoms with Crippen LogP contribution in [0.2, 0.25) is 0 Å². The van der Waals surface area contributed by atoms with Gasteiger partial charge in [-0.05, 0) is 38.2 Å². The summed E-state index contributed by atoms with van der Waals surface area (Å²) in [6.07, 6.45) is -6.69. The van der Waals surface area contributed by atoms with Crippen LogP contribution in [-0.4, -0.2) is 137 Å². The lowest BCUT2D eigenvalue weighted by atomic mass is 9.95. The summed E-state index contributed by atoms with van der Waals surface area (Å²) in [6.45, 7) is 5.54. The topological polar surface area (TPSA) is 243 Å². The Bertz CT molecular complexity index is 1590.